The fourth-order valence-electron chi connectivity index (χ4n) is 2.53. The van der Waals surface area contributed by atoms with Gasteiger partial charge < -0.3 is 20.1 Å². The maximum Gasteiger partial charge on any atom is 0.321 e. The monoisotopic (exact) mass is 411 g/mol. The fourth-order valence-corrected chi connectivity index (χ4v) is 2.53. The highest BCUT2D eigenvalue weighted by molar-refractivity contribution is 5.89. The largest absolute Gasteiger partial charge is 0.344 e. The zero-order chi connectivity index (χ0) is 21.5. The molecule has 0 saturated carbocycles. The van der Waals surface area contributed by atoms with E-state index in [0.717, 1.165) is 11.1 Å². The van der Waals surface area contributed by atoms with Gasteiger partial charge in [-0.3, -0.25) is 4.79 Å². The van der Waals surface area contributed by atoms with Gasteiger partial charge in [0.1, 0.15) is 5.82 Å². The van der Waals surface area contributed by atoms with E-state index in [1.165, 1.54) is 17.0 Å². The van der Waals surface area contributed by atoms with Gasteiger partial charge in [-0.25, -0.2) is 9.18 Å². The number of nitrogens with zero attached hydrogens (tertiary/aromatic N) is 3. The van der Waals surface area contributed by atoms with Gasteiger partial charge in [-0.2, -0.15) is 4.98 Å². The van der Waals surface area contributed by atoms with Crippen LogP contribution >= 0.6 is 0 Å². The van der Waals surface area contributed by atoms with E-state index < -0.39 is 5.91 Å². The fraction of sp³-hybridized carbons (Fsp3) is 0.238. The van der Waals surface area contributed by atoms with E-state index in [0.29, 0.717) is 24.5 Å². The highest BCUT2D eigenvalue weighted by Crippen LogP contribution is 2.09. The summed E-state index contributed by atoms with van der Waals surface area (Å²) < 4.78 is 17.9. The van der Waals surface area contributed by atoms with Crippen molar-refractivity contribution in [2.45, 2.75) is 19.9 Å². The van der Waals surface area contributed by atoms with Gasteiger partial charge in [0.15, 0.2) is 5.82 Å². The molecule has 0 radical (unpaired) electrons. The van der Waals surface area contributed by atoms with Crippen molar-refractivity contribution in [3.63, 3.8) is 0 Å². The van der Waals surface area contributed by atoms with Crippen LogP contribution in [0.2, 0.25) is 0 Å². The van der Waals surface area contributed by atoms with Gasteiger partial charge in [0.2, 0.25) is 0 Å². The molecule has 0 saturated heterocycles. The van der Waals surface area contributed by atoms with Crippen molar-refractivity contribution in [3.05, 3.63) is 77.2 Å². The second kappa shape index (κ2) is 9.64. The number of amides is 3. The van der Waals surface area contributed by atoms with Gasteiger partial charge in [-0.1, -0.05) is 35.0 Å². The number of hydrogen-bond acceptors (Lipinski definition) is 5. The minimum Gasteiger partial charge on any atom is -0.344 e. The van der Waals surface area contributed by atoms with Crippen molar-refractivity contribution in [2.24, 2.45) is 0 Å². The number of likely N-dealkylation sites (N-methyl/N-ethyl adjacent to an activating group) is 1. The predicted octanol–water partition coefficient (Wildman–Crippen LogP) is 3.15. The van der Waals surface area contributed by atoms with E-state index in [4.69, 9.17) is 4.52 Å². The first-order chi connectivity index (χ1) is 14.4. The molecule has 30 heavy (non-hydrogen) atoms. The Bertz CT molecular complexity index is 1000. The second-order valence-corrected chi connectivity index (χ2v) is 6.79. The van der Waals surface area contributed by atoms with Crippen LogP contribution in [0.1, 0.15) is 27.6 Å². The van der Waals surface area contributed by atoms with Crippen molar-refractivity contribution < 1.29 is 18.5 Å². The van der Waals surface area contributed by atoms with Crippen LogP contribution in [-0.4, -0.2) is 40.6 Å². The topological polar surface area (TPSA) is 100 Å². The quantitative estimate of drug-likeness (QED) is 0.622. The van der Waals surface area contributed by atoms with E-state index in [1.54, 1.807) is 19.2 Å². The highest BCUT2D eigenvalue weighted by Gasteiger charge is 2.16. The minimum absolute atomic E-state index is 0.168. The number of urea groups is 1. The van der Waals surface area contributed by atoms with E-state index >= 15 is 0 Å². The molecule has 0 bridgehead atoms. The number of halogens is 1. The van der Waals surface area contributed by atoms with Crippen LogP contribution in [0.4, 0.5) is 14.9 Å². The molecule has 0 atom stereocenters. The Morgan fingerprint density at radius 2 is 1.80 bits per heavy atom. The van der Waals surface area contributed by atoms with E-state index in [2.05, 4.69) is 20.8 Å². The first-order valence-electron chi connectivity index (χ1n) is 9.35. The molecule has 156 valence electrons. The van der Waals surface area contributed by atoms with Gasteiger partial charge >= 0.3 is 17.8 Å². The molecule has 0 aliphatic heterocycles. The molecular weight excluding hydrogens is 389 g/mol. The third-order valence-corrected chi connectivity index (χ3v) is 4.35. The highest BCUT2D eigenvalue weighted by atomic mass is 19.1. The molecule has 0 spiro atoms. The molecule has 8 nitrogen and oxygen atoms in total. The number of anilines is 1. The SMILES string of the molecule is Cc1ccc(NC(=O)N(C)CCc2noc(C(=O)NCc3ccc(F)cc3)n2)cc1. The Balaban J connectivity index is 1.46. The number of benzene rings is 2. The van der Waals surface area contributed by atoms with Crippen LogP contribution in [0, 0.1) is 12.7 Å². The first kappa shape index (κ1) is 21.0. The maximum atomic E-state index is 12.9. The normalized spacial score (nSPS) is 10.5. The lowest BCUT2D eigenvalue weighted by Crippen LogP contribution is -2.33. The van der Waals surface area contributed by atoms with Crippen LogP contribution < -0.4 is 10.6 Å². The van der Waals surface area contributed by atoms with Gasteiger partial charge in [-0.05, 0) is 36.8 Å². The summed E-state index contributed by atoms with van der Waals surface area (Å²) in [6.07, 6.45) is 0.326. The summed E-state index contributed by atoms with van der Waals surface area (Å²) in [5.41, 5.74) is 2.55. The summed E-state index contributed by atoms with van der Waals surface area (Å²) in [5, 5.41) is 9.20. The lowest BCUT2D eigenvalue weighted by molar-refractivity contribution is 0.0907. The summed E-state index contributed by atoms with van der Waals surface area (Å²) >= 11 is 0. The molecule has 2 aromatic carbocycles. The molecule has 1 heterocycles. The lowest BCUT2D eigenvalue weighted by atomic mass is 10.2. The summed E-state index contributed by atoms with van der Waals surface area (Å²) in [6.45, 7) is 2.52. The third kappa shape index (κ3) is 5.87. The molecule has 0 aliphatic rings. The Morgan fingerprint density at radius 1 is 1.10 bits per heavy atom. The van der Waals surface area contributed by atoms with Crippen LogP contribution in [0.5, 0.6) is 0 Å². The number of carbonyl (C=O) groups excluding carboxylic acids is 2. The number of aryl methyl sites for hydroxylation is 1. The van der Waals surface area contributed by atoms with Crippen molar-refractivity contribution in [1.82, 2.24) is 20.4 Å². The van der Waals surface area contributed by atoms with E-state index in [9.17, 15) is 14.0 Å². The van der Waals surface area contributed by atoms with Crippen molar-refractivity contribution in [1.29, 1.82) is 0 Å². The number of aromatic nitrogens is 2. The Kier molecular flexibility index (Phi) is 6.74. The van der Waals surface area contributed by atoms with Crippen molar-refractivity contribution in [3.8, 4) is 0 Å². The summed E-state index contributed by atoms with van der Waals surface area (Å²) in [5.74, 6) is -0.719. The van der Waals surface area contributed by atoms with E-state index in [-0.39, 0.29) is 24.3 Å². The van der Waals surface area contributed by atoms with Crippen LogP contribution in [0.25, 0.3) is 0 Å². The molecule has 0 unspecified atom stereocenters. The van der Waals surface area contributed by atoms with Gasteiger partial charge in [0.05, 0.1) is 0 Å². The number of nitrogens with one attached hydrogen (secondary N) is 2. The summed E-state index contributed by atoms with van der Waals surface area (Å²) in [6, 6.07) is 13.0. The predicted molar refractivity (Wildman–Crippen MR) is 108 cm³/mol. The third-order valence-electron chi connectivity index (χ3n) is 4.35. The van der Waals surface area contributed by atoms with Gasteiger partial charge in [0, 0.05) is 32.2 Å². The van der Waals surface area contributed by atoms with Crippen molar-refractivity contribution in [2.75, 3.05) is 18.9 Å². The number of hydrogen-bond donors (Lipinski definition) is 2. The molecule has 0 fully saturated rings. The lowest BCUT2D eigenvalue weighted by Gasteiger charge is -2.17. The summed E-state index contributed by atoms with van der Waals surface area (Å²) in [7, 11) is 1.65. The molecule has 9 heteroatoms. The zero-order valence-corrected chi connectivity index (χ0v) is 16.7. The Morgan fingerprint density at radius 3 is 2.50 bits per heavy atom. The molecule has 0 aliphatic carbocycles. The molecule has 3 rings (SSSR count). The molecule has 1 aromatic heterocycles. The molecule has 2 N–H and O–H groups in total. The van der Waals surface area contributed by atoms with Crippen LogP contribution in [0.3, 0.4) is 0 Å². The summed E-state index contributed by atoms with van der Waals surface area (Å²) in [4.78, 5) is 29.9. The smallest absolute Gasteiger partial charge is 0.321 e. The first-order valence-corrected chi connectivity index (χ1v) is 9.35. The maximum absolute atomic E-state index is 12.9. The number of rotatable bonds is 7. The molecule has 3 aromatic rings. The Hall–Kier alpha value is -3.75. The average molecular weight is 411 g/mol. The number of carbonyl (C=O) groups is 2. The van der Waals surface area contributed by atoms with E-state index in [1.807, 2.05) is 31.2 Å². The zero-order valence-electron chi connectivity index (χ0n) is 16.7. The standard InChI is InChI=1S/C21H22FN5O3/c1-14-3-9-17(10-4-14)24-21(29)27(2)12-11-18-25-20(30-26-18)19(28)23-13-15-5-7-16(22)8-6-15/h3-10H,11-13H2,1-2H3,(H,23,28)(H,24,29). The van der Waals surface area contributed by atoms with Gasteiger partial charge in [0.25, 0.3) is 0 Å². The Labute approximate surface area is 173 Å². The van der Waals surface area contributed by atoms with Crippen molar-refractivity contribution >= 4 is 17.6 Å². The second-order valence-electron chi connectivity index (χ2n) is 6.79. The molecular formula is C21H22FN5O3. The van der Waals surface area contributed by atoms with Gasteiger partial charge in [-0.15, -0.1) is 0 Å². The van der Waals surface area contributed by atoms with Crippen LogP contribution in [0.15, 0.2) is 53.1 Å². The van der Waals surface area contributed by atoms with Crippen LogP contribution in [-0.2, 0) is 13.0 Å². The average Bonchev–Trinajstić information content (AvgIpc) is 3.22. The minimum atomic E-state index is -0.524. The molecule has 3 amide bonds.